The highest BCUT2D eigenvalue weighted by Gasteiger charge is 2.07. The van der Waals surface area contributed by atoms with Crippen LogP contribution >= 0.6 is 0 Å². The monoisotopic (exact) mass is 199 g/mol. The van der Waals surface area contributed by atoms with Gasteiger partial charge in [-0.2, -0.15) is 5.26 Å². The first-order chi connectivity index (χ1) is 7.22. The summed E-state index contributed by atoms with van der Waals surface area (Å²) < 4.78 is 1.62. The fourth-order valence-electron chi connectivity index (χ4n) is 1.80. The van der Waals surface area contributed by atoms with Crippen LogP contribution < -0.4 is 0 Å². The fraction of sp³-hybridized carbons (Fsp3) is 0.250. The predicted molar refractivity (Wildman–Crippen MR) is 60.3 cm³/mol. The Morgan fingerprint density at radius 2 is 2.07 bits per heavy atom. The molecule has 3 nitrogen and oxygen atoms in total. The van der Waals surface area contributed by atoms with E-state index in [4.69, 9.17) is 5.26 Å². The normalized spacial score (nSPS) is 10.8. The maximum absolute atomic E-state index is 8.98. The number of benzene rings is 1. The summed E-state index contributed by atoms with van der Waals surface area (Å²) >= 11 is 0. The molecule has 0 amide bonds. The van der Waals surface area contributed by atoms with Crippen molar-refractivity contribution >= 4 is 10.9 Å². The number of aromatic nitrogens is 1. The van der Waals surface area contributed by atoms with E-state index in [1.165, 1.54) is 5.56 Å². The summed E-state index contributed by atoms with van der Waals surface area (Å²) in [6, 6.07) is 7.98. The second-order valence-corrected chi connectivity index (χ2v) is 3.88. The zero-order valence-corrected chi connectivity index (χ0v) is 8.94. The van der Waals surface area contributed by atoms with Gasteiger partial charge in [-0.25, -0.2) is 0 Å². The lowest BCUT2D eigenvalue weighted by atomic mass is 10.2. The van der Waals surface area contributed by atoms with E-state index in [2.05, 4.69) is 17.2 Å². The van der Waals surface area contributed by atoms with E-state index in [-0.39, 0.29) is 0 Å². The molecule has 76 valence electrons. The third-order valence-corrected chi connectivity index (χ3v) is 2.39. The Morgan fingerprint density at radius 3 is 2.73 bits per heavy atom. The molecule has 0 saturated heterocycles. The van der Waals surface area contributed by atoms with Crippen LogP contribution in [-0.2, 0) is 6.54 Å². The standard InChI is InChI=1S/C12H13N3/c1-14(2)7-10-8-15(9-13)12-6-4-3-5-11(10)12/h3-6,8H,7H2,1-2H3. The number of para-hydroxylation sites is 1. The lowest BCUT2D eigenvalue weighted by Crippen LogP contribution is -2.10. The van der Waals surface area contributed by atoms with Gasteiger partial charge in [0, 0.05) is 18.1 Å². The van der Waals surface area contributed by atoms with Crippen molar-refractivity contribution in [1.82, 2.24) is 9.47 Å². The quantitative estimate of drug-likeness (QED) is 0.741. The summed E-state index contributed by atoms with van der Waals surface area (Å²) in [4.78, 5) is 2.10. The number of nitriles is 1. The molecule has 0 aliphatic carbocycles. The van der Waals surface area contributed by atoms with Crippen molar-refractivity contribution in [3.8, 4) is 6.19 Å². The zero-order valence-electron chi connectivity index (χ0n) is 8.94. The Balaban J connectivity index is 2.61. The van der Waals surface area contributed by atoms with Crippen LogP contribution in [0.1, 0.15) is 5.56 Å². The van der Waals surface area contributed by atoms with Gasteiger partial charge in [-0.05, 0) is 25.7 Å². The number of fused-ring (bicyclic) bond motifs is 1. The van der Waals surface area contributed by atoms with Gasteiger partial charge >= 0.3 is 0 Å². The second-order valence-electron chi connectivity index (χ2n) is 3.88. The zero-order chi connectivity index (χ0) is 10.8. The molecule has 0 aliphatic heterocycles. The molecule has 3 heteroatoms. The first-order valence-corrected chi connectivity index (χ1v) is 4.86. The van der Waals surface area contributed by atoms with Crippen molar-refractivity contribution in [1.29, 1.82) is 5.26 Å². The summed E-state index contributed by atoms with van der Waals surface area (Å²) in [7, 11) is 4.05. The summed E-state index contributed by atoms with van der Waals surface area (Å²) in [6.45, 7) is 0.856. The van der Waals surface area contributed by atoms with E-state index >= 15 is 0 Å². The van der Waals surface area contributed by atoms with Gasteiger partial charge in [0.05, 0.1) is 5.52 Å². The van der Waals surface area contributed by atoms with Crippen LogP contribution in [0.3, 0.4) is 0 Å². The maximum Gasteiger partial charge on any atom is 0.188 e. The Kier molecular flexibility index (Phi) is 2.44. The second kappa shape index (κ2) is 3.76. The summed E-state index contributed by atoms with van der Waals surface area (Å²) in [5.74, 6) is 0. The molecule has 0 saturated carbocycles. The Morgan fingerprint density at radius 1 is 1.33 bits per heavy atom. The lowest BCUT2D eigenvalue weighted by Gasteiger charge is -2.07. The summed E-state index contributed by atoms with van der Waals surface area (Å²) in [5.41, 5.74) is 2.18. The van der Waals surface area contributed by atoms with Crippen molar-refractivity contribution in [2.24, 2.45) is 0 Å². The molecule has 0 fully saturated rings. The predicted octanol–water partition coefficient (Wildman–Crippen LogP) is 2.03. The molecule has 0 spiro atoms. The van der Waals surface area contributed by atoms with Crippen LogP contribution in [-0.4, -0.2) is 23.6 Å². The molecule has 0 radical (unpaired) electrons. The van der Waals surface area contributed by atoms with Gasteiger partial charge in [-0.1, -0.05) is 18.2 Å². The van der Waals surface area contributed by atoms with Gasteiger partial charge < -0.3 is 4.90 Å². The third-order valence-electron chi connectivity index (χ3n) is 2.39. The molecular formula is C12H13N3. The molecule has 1 heterocycles. The van der Waals surface area contributed by atoms with Gasteiger partial charge in [0.1, 0.15) is 0 Å². The molecule has 2 aromatic rings. The van der Waals surface area contributed by atoms with Crippen LogP contribution in [0.5, 0.6) is 0 Å². The van der Waals surface area contributed by atoms with Crippen molar-refractivity contribution in [3.05, 3.63) is 36.0 Å². The highest BCUT2D eigenvalue weighted by atomic mass is 15.1. The van der Waals surface area contributed by atoms with Crippen molar-refractivity contribution < 1.29 is 0 Å². The Hall–Kier alpha value is -1.79. The minimum absolute atomic E-state index is 0.856. The molecule has 0 N–H and O–H groups in total. The molecule has 1 aromatic carbocycles. The van der Waals surface area contributed by atoms with Crippen molar-refractivity contribution in [3.63, 3.8) is 0 Å². The van der Waals surface area contributed by atoms with Crippen molar-refractivity contribution in [2.75, 3.05) is 14.1 Å². The third kappa shape index (κ3) is 1.72. The van der Waals surface area contributed by atoms with Gasteiger partial charge in [0.25, 0.3) is 0 Å². The van der Waals surface area contributed by atoms with Crippen LogP contribution in [0.25, 0.3) is 10.9 Å². The summed E-state index contributed by atoms with van der Waals surface area (Å²) in [6.07, 6.45) is 4.07. The molecule has 0 aliphatic rings. The Bertz CT molecular complexity index is 517. The van der Waals surface area contributed by atoms with Crippen LogP contribution in [0.15, 0.2) is 30.5 Å². The van der Waals surface area contributed by atoms with E-state index in [0.717, 1.165) is 17.4 Å². The number of rotatable bonds is 2. The van der Waals surface area contributed by atoms with E-state index in [0.29, 0.717) is 0 Å². The van der Waals surface area contributed by atoms with Crippen LogP contribution in [0.2, 0.25) is 0 Å². The lowest BCUT2D eigenvalue weighted by molar-refractivity contribution is 0.404. The molecule has 0 bridgehead atoms. The van der Waals surface area contributed by atoms with E-state index in [1.807, 2.05) is 38.5 Å². The highest BCUT2D eigenvalue weighted by Crippen LogP contribution is 2.21. The molecular weight excluding hydrogens is 186 g/mol. The van der Waals surface area contributed by atoms with Gasteiger partial charge in [-0.15, -0.1) is 0 Å². The number of hydrogen-bond donors (Lipinski definition) is 0. The largest absolute Gasteiger partial charge is 0.305 e. The highest BCUT2D eigenvalue weighted by molar-refractivity contribution is 5.84. The first kappa shape index (κ1) is 9.75. The Labute approximate surface area is 89.1 Å². The first-order valence-electron chi connectivity index (χ1n) is 4.86. The van der Waals surface area contributed by atoms with Crippen molar-refractivity contribution in [2.45, 2.75) is 6.54 Å². The minimum Gasteiger partial charge on any atom is -0.305 e. The molecule has 0 unspecified atom stereocenters. The van der Waals surface area contributed by atoms with E-state index in [9.17, 15) is 0 Å². The van der Waals surface area contributed by atoms with E-state index < -0.39 is 0 Å². The summed E-state index contributed by atoms with van der Waals surface area (Å²) in [5, 5.41) is 10.1. The fourth-order valence-corrected chi connectivity index (χ4v) is 1.80. The number of hydrogen-bond acceptors (Lipinski definition) is 2. The average molecular weight is 199 g/mol. The smallest absolute Gasteiger partial charge is 0.188 e. The molecule has 15 heavy (non-hydrogen) atoms. The SMILES string of the molecule is CN(C)Cc1cn(C#N)c2ccccc12. The van der Waals surface area contributed by atoms with Crippen LogP contribution in [0.4, 0.5) is 0 Å². The number of nitrogens with zero attached hydrogens (tertiary/aromatic N) is 3. The molecule has 1 aromatic heterocycles. The molecule has 0 atom stereocenters. The van der Waals surface area contributed by atoms with Crippen LogP contribution in [0, 0.1) is 11.5 Å². The van der Waals surface area contributed by atoms with E-state index in [1.54, 1.807) is 4.57 Å². The maximum atomic E-state index is 8.98. The van der Waals surface area contributed by atoms with Gasteiger partial charge in [-0.3, -0.25) is 4.57 Å². The minimum atomic E-state index is 0.856. The van der Waals surface area contributed by atoms with Gasteiger partial charge in [0.2, 0.25) is 0 Å². The molecule has 2 rings (SSSR count). The van der Waals surface area contributed by atoms with Gasteiger partial charge in [0.15, 0.2) is 6.19 Å². The average Bonchev–Trinajstić information content (AvgIpc) is 2.56. The topological polar surface area (TPSA) is 32.0 Å².